The molecule has 1 nitrogen and oxygen atoms in total. The molecule has 0 bridgehead atoms. The summed E-state index contributed by atoms with van der Waals surface area (Å²) in [4.78, 5) is 12.7. The van der Waals surface area contributed by atoms with Gasteiger partial charge in [0, 0.05) is 11.8 Å². The third-order valence-electron chi connectivity index (χ3n) is 3.33. The number of thioether (sulfide) groups is 1. The molecule has 0 atom stereocenters. The SMILES string of the molecule is CC(=O)Sc1c(C(C)C)cc(C(C)C)cc1C(C)C. The zero-order valence-electron chi connectivity index (χ0n) is 13.2. The first kappa shape index (κ1) is 16.3. The molecule has 0 heterocycles. The zero-order valence-corrected chi connectivity index (χ0v) is 14.0. The van der Waals surface area contributed by atoms with Crippen LogP contribution >= 0.6 is 11.8 Å². The maximum atomic E-state index is 11.5. The van der Waals surface area contributed by atoms with Gasteiger partial charge in [0.15, 0.2) is 5.12 Å². The molecule has 1 rings (SSSR count). The summed E-state index contributed by atoms with van der Waals surface area (Å²) < 4.78 is 0. The van der Waals surface area contributed by atoms with Crippen LogP contribution < -0.4 is 0 Å². The van der Waals surface area contributed by atoms with Crippen LogP contribution in [-0.4, -0.2) is 5.12 Å². The van der Waals surface area contributed by atoms with Gasteiger partial charge in [-0.15, -0.1) is 0 Å². The first-order valence-electron chi connectivity index (χ1n) is 7.10. The fourth-order valence-electron chi connectivity index (χ4n) is 2.15. The smallest absolute Gasteiger partial charge is 0.190 e. The summed E-state index contributed by atoms with van der Waals surface area (Å²) in [5.41, 5.74) is 4.01. The molecule has 0 aliphatic carbocycles. The lowest BCUT2D eigenvalue weighted by Gasteiger charge is -2.21. The summed E-state index contributed by atoms with van der Waals surface area (Å²) in [5.74, 6) is 1.41. The second-order valence-electron chi connectivity index (χ2n) is 6.09. The minimum atomic E-state index is 0.168. The molecule has 0 N–H and O–H groups in total. The molecular weight excluding hydrogens is 252 g/mol. The minimum Gasteiger partial charge on any atom is -0.287 e. The Balaban J connectivity index is 3.50. The van der Waals surface area contributed by atoms with Crippen LogP contribution in [-0.2, 0) is 4.79 Å². The van der Waals surface area contributed by atoms with Gasteiger partial charge in [0.2, 0.25) is 0 Å². The molecule has 2 heteroatoms. The standard InChI is InChI=1S/C17H26OS/c1-10(2)14-8-15(11(3)4)17(19-13(7)18)16(9-14)12(5)6/h8-12H,1-7H3. The molecule has 106 valence electrons. The maximum Gasteiger partial charge on any atom is 0.190 e. The van der Waals surface area contributed by atoms with Crippen LogP contribution in [0.4, 0.5) is 0 Å². The van der Waals surface area contributed by atoms with Crippen molar-refractivity contribution in [2.45, 2.75) is 71.1 Å². The molecule has 0 aliphatic rings. The quantitative estimate of drug-likeness (QED) is 0.658. The number of benzene rings is 1. The van der Waals surface area contributed by atoms with Gasteiger partial charge in [-0.3, -0.25) is 4.79 Å². The summed E-state index contributed by atoms with van der Waals surface area (Å²) in [6.07, 6.45) is 0. The van der Waals surface area contributed by atoms with E-state index < -0.39 is 0 Å². The molecule has 0 unspecified atom stereocenters. The molecule has 0 saturated heterocycles. The van der Waals surface area contributed by atoms with Gasteiger partial charge in [-0.05, 0) is 34.4 Å². The number of hydrogen-bond acceptors (Lipinski definition) is 2. The van der Waals surface area contributed by atoms with Gasteiger partial charge in [-0.2, -0.15) is 0 Å². The van der Waals surface area contributed by atoms with Crippen molar-refractivity contribution in [3.05, 3.63) is 28.8 Å². The van der Waals surface area contributed by atoms with E-state index in [1.807, 2.05) is 0 Å². The van der Waals surface area contributed by atoms with E-state index in [4.69, 9.17) is 0 Å². The predicted molar refractivity (Wildman–Crippen MR) is 85.2 cm³/mol. The number of carbonyl (C=O) groups is 1. The van der Waals surface area contributed by atoms with Crippen LogP contribution in [0.1, 0.15) is 82.9 Å². The summed E-state index contributed by atoms with van der Waals surface area (Å²) in [7, 11) is 0. The van der Waals surface area contributed by atoms with Gasteiger partial charge >= 0.3 is 0 Å². The van der Waals surface area contributed by atoms with Crippen LogP contribution in [0.2, 0.25) is 0 Å². The predicted octanol–water partition coefficient (Wildman–Crippen LogP) is 5.70. The molecular formula is C17H26OS. The third kappa shape index (κ3) is 4.10. The van der Waals surface area contributed by atoms with Crippen molar-refractivity contribution < 1.29 is 4.79 Å². The summed E-state index contributed by atoms with van der Waals surface area (Å²) >= 11 is 1.39. The van der Waals surface area contributed by atoms with Gasteiger partial charge < -0.3 is 0 Å². The summed E-state index contributed by atoms with van der Waals surface area (Å²) in [5, 5.41) is 0.168. The Morgan fingerprint density at radius 2 is 1.32 bits per heavy atom. The van der Waals surface area contributed by atoms with Crippen molar-refractivity contribution in [1.82, 2.24) is 0 Å². The van der Waals surface area contributed by atoms with Gasteiger partial charge in [0.1, 0.15) is 0 Å². The largest absolute Gasteiger partial charge is 0.287 e. The first-order valence-corrected chi connectivity index (χ1v) is 7.91. The maximum absolute atomic E-state index is 11.5. The molecule has 0 saturated carbocycles. The second kappa shape index (κ2) is 6.60. The van der Waals surface area contributed by atoms with E-state index in [0.29, 0.717) is 17.8 Å². The van der Waals surface area contributed by atoms with Gasteiger partial charge in [-0.1, -0.05) is 65.4 Å². The molecule has 0 aromatic heterocycles. The van der Waals surface area contributed by atoms with Gasteiger partial charge in [0.25, 0.3) is 0 Å². The monoisotopic (exact) mass is 278 g/mol. The molecule has 19 heavy (non-hydrogen) atoms. The Morgan fingerprint density at radius 1 is 0.895 bits per heavy atom. The molecule has 1 aromatic carbocycles. The highest BCUT2D eigenvalue weighted by molar-refractivity contribution is 8.13. The average Bonchev–Trinajstić information content (AvgIpc) is 2.27. The summed E-state index contributed by atoms with van der Waals surface area (Å²) in [6.45, 7) is 14.9. The lowest BCUT2D eigenvalue weighted by atomic mass is 9.89. The Bertz CT molecular complexity index is 429. The van der Waals surface area contributed by atoms with E-state index in [2.05, 4.69) is 53.7 Å². The van der Waals surface area contributed by atoms with E-state index in [1.165, 1.54) is 33.3 Å². The zero-order chi connectivity index (χ0) is 14.7. The van der Waals surface area contributed by atoms with E-state index >= 15 is 0 Å². The van der Waals surface area contributed by atoms with Crippen LogP contribution in [0.5, 0.6) is 0 Å². The molecule has 1 aromatic rings. The van der Waals surface area contributed by atoms with Crippen molar-refractivity contribution in [1.29, 1.82) is 0 Å². The Kier molecular flexibility index (Phi) is 5.66. The normalized spacial score (nSPS) is 11.7. The summed E-state index contributed by atoms with van der Waals surface area (Å²) in [6, 6.07) is 4.57. The lowest BCUT2D eigenvalue weighted by molar-refractivity contribution is -0.109. The Labute approximate surface area is 122 Å². The highest BCUT2D eigenvalue weighted by Crippen LogP contribution is 2.38. The lowest BCUT2D eigenvalue weighted by Crippen LogP contribution is -2.03. The Morgan fingerprint density at radius 3 is 1.58 bits per heavy atom. The van der Waals surface area contributed by atoms with Gasteiger partial charge in [0.05, 0.1) is 0 Å². The average molecular weight is 278 g/mol. The van der Waals surface area contributed by atoms with Crippen LogP contribution in [0.3, 0.4) is 0 Å². The molecule has 0 aliphatic heterocycles. The van der Waals surface area contributed by atoms with Crippen molar-refractivity contribution in [3.8, 4) is 0 Å². The van der Waals surface area contributed by atoms with Crippen LogP contribution in [0, 0.1) is 0 Å². The number of hydrogen-bond donors (Lipinski definition) is 0. The van der Waals surface area contributed by atoms with Gasteiger partial charge in [-0.25, -0.2) is 0 Å². The van der Waals surface area contributed by atoms with Crippen molar-refractivity contribution in [2.24, 2.45) is 0 Å². The molecule has 0 spiro atoms. The second-order valence-corrected chi connectivity index (χ2v) is 7.27. The number of rotatable bonds is 4. The van der Waals surface area contributed by atoms with Crippen molar-refractivity contribution in [2.75, 3.05) is 0 Å². The van der Waals surface area contributed by atoms with Crippen LogP contribution in [0.25, 0.3) is 0 Å². The van der Waals surface area contributed by atoms with E-state index in [9.17, 15) is 4.79 Å². The van der Waals surface area contributed by atoms with E-state index in [0.717, 1.165) is 0 Å². The molecule has 0 fully saturated rings. The van der Waals surface area contributed by atoms with E-state index in [1.54, 1.807) is 6.92 Å². The highest BCUT2D eigenvalue weighted by atomic mass is 32.2. The minimum absolute atomic E-state index is 0.168. The topological polar surface area (TPSA) is 17.1 Å². The fourth-order valence-corrected chi connectivity index (χ4v) is 3.26. The molecule has 0 radical (unpaired) electrons. The highest BCUT2D eigenvalue weighted by Gasteiger charge is 2.18. The Hall–Kier alpha value is -0.760. The number of carbonyl (C=O) groups excluding carboxylic acids is 1. The van der Waals surface area contributed by atoms with Crippen molar-refractivity contribution in [3.63, 3.8) is 0 Å². The third-order valence-corrected chi connectivity index (χ3v) is 4.29. The van der Waals surface area contributed by atoms with Crippen molar-refractivity contribution >= 4 is 16.9 Å². The molecule has 0 amide bonds. The van der Waals surface area contributed by atoms with Crippen LogP contribution in [0.15, 0.2) is 17.0 Å². The van der Waals surface area contributed by atoms with E-state index in [-0.39, 0.29) is 5.12 Å². The first-order chi connectivity index (χ1) is 8.73. The fraction of sp³-hybridized carbons (Fsp3) is 0.588.